The topological polar surface area (TPSA) is 175 Å². The Bertz CT molecular complexity index is 1470. The summed E-state index contributed by atoms with van der Waals surface area (Å²) in [6, 6.07) is 0. The maximum Gasteiger partial charge on any atom is 0.343 e. The fourth-order valence-electron chi connectivity index (χ4n) is 11.8. The van der Waals surface area contributed by atoms with E-state index in [0.29, 0.717) is 6.42 Å². The van der Waals surface area contributed by atoms with Crippen LogP contribution in [0.25, 0.3) is 0 Å². The molecule has 252 valence electrons. The highest BCUT2D eigenvalue weighted by Gasteiger charge is 2.81. The predicted octanol–water partition coefficient (Wildman–Crippen LogP) is 1.87. The van der Waals surface area contributed by atoms with E-state index in [9.17, 15) is 34.2 Å². The maximum absolute atomic E-state index is 14.3. The Morgan fingerprint density at radius 3 is 2.13 bits per heavy atom. The number of hydrogen-bond acceptors (Lipinski definition) is 12. The molecule has 2 heterocycles. The molecule has 2 aliphatic heterocycles. The largest absolute Gasteiger partial charge is 0.462 e. The molecule has 4 saturated carbocycles. The Hall–Kier alpha value is -2.83. The molecule has 0 aromatic rings. The predicted molar refractivity (Wildman–Crippen MR) is 155 cm³/mol. The van der Waals surface area contributed by atoms with E-state index < -0.39 is 112 Å². The molecule has 7 rings (SSSR count). The number of rotatable bonds is 3. The van der Waals surface area contributed by atoms with Gasteiger partial charge in [-0.1, -0.05) is 20.8 Å². The minimum atomic E-state index is -2.00. The molecule has 0 spiro atoms. The summed E-state index contributed by atoms with van der Waals surface area (Å²) in [5.74, 6) is -6.84. The van der Waals surface area contributed by atoms with Crippen LogP contribution in [0.3, 0.4) is 0 Å². The van der Waals surface area contributed by atoms with Gasteiger partial charge in [0.15, 0.2) is 11.4 Å². The van der Waals surface area contributed by atoms with E-state index in [0.717, 1.165) is 0 Å². The van der Waals surface area contributed by atoms with Crippen molar-refractivity contribution in [3.63, 3.8) is 0 Å². The highest BCUT2D eigenvalue weighted by Crippen LogP contribution is 2.75. The Balaban J connectivity index is 1.46. The maximum atomic E-state index is 14.3. The van der Waals surface area contributed by atoms with E-state index in [4.69, 9.17) is 23.7 Å². The number of aliphatic hydroxyl groups excluding tert-OH is 1. The van der Waals surface area contributed by atoms with Crippen LogP contribution >= 0.6 is 0 Å². The highest BCUT2D eigenvalue weighted by atomic mass is 16.6. The van der Waals surface area contributed by atoms with Crippen LogP contribution in [0, 0.1) is 57.7 Å². The van der Waals surface area contributed by atoms with Gasteiger partial charge in [-0.25, -0.2) is 4.79 Å². The van der Waals surface area contributed by atoms with Gasteiger partial charge in [0.05, 0.1) is 11.5 Å². The number of epoxide rings is 1. The van der Waals surface area contributed by atoms with Crippen LogP contribution < -0.4 is 0 Å². The number of ether oxygens (including phenoxy) is 5. The van der Waals surface area contributed by atoms with Gasteiger partial charge >= 0.3 is 23.9 Å². The first-order valence-electron chi connectivity index (χ1n) is 16.4. The number of hydrogen-bond donors (Lipinski definition) is 2. The van der Waals surface area contributed by atoms with Crippen LogP contribution in [-0.2, 0) is 47.7 Å². The molecule has 46 heavy (non-hydrogen) atoms. The van der Waals surface area contributed by atoms with Gasteiger partial charge in [-0.2, -0.15) is 0 Å². The lowest BCUT2D eigenvalue weighted by molar-refractivity contribution is -0.235. The molecule has 0 bridgehead atoms. The van der Waals surface area contributed by atoms with E-state index >= 15 is 0 Å². The lowest BCUT2D eigenvalue weighted by atomic mass is 9.42. The van der Waals surface area contributed by atoms with Crippen LogP contribution in [0.15, 0.2) is 11.8 Å². The van der Waals surface area contributed by atoms with Crippen LogP contribution in [0.5, 0.6) is 0 Å². The number of carbonyl (C=O) groups excluding carboxylic acids is 5. The molecule has 0 amide bonds. The standard InChI is InChI=1S/C34H44O12/c1-12-9-20-33(7,34(8,41)30(40)46-20)24-22(12)32(6)19(42-13(2)35)11-16-21(23(32)28(24)43-14(3)36)26(39)25(38)17-10-18-27(45-18)29(31(16,17)5)44-15(4)37/h9,12,16-19,21-24,26-29,39,41H,10-11H2,1-8H3/t12?,16?,17?,18?,19?,21?,22?,23?,24?,26?,27?,28?,29?,31-,32-,33+,34-/m1/s1. The molecule has 6 fully saturated rings. The van der Waals surface area contributed by atoms with Gasteiger partial charge in [-0.3, -0.25) is 19.2 Å². The van der Waals surface area contributed by atoms with Crippen molar-refractivity contribution in [3.05, 3.63) is 11.8 Å². The number of carbonyl (C=O) groups is 5. The molecule has 17 atom stereocenters. The Kier molecular flexibility index (Phi) is 6.64. The molecule has 2 N–H and O–H groups in total. The third-order valence-electron chi connectivity index (χ3n) is 13.8. The number of fused-ring (bicyclic) bond motifs is 10. The average Bonchev–Trinajstić information content (AvgIpc) is 3.63. The quantitative estimate of drug-likeness (QED) is 0.260. The van der Waals surface area contributed by atoms with E-state index in [-0.39, 0.29) is 30.0 Å². The zero-order chi connectivity index (χ0) is 33.6. The third kappa shape index (κ3) is 3.69. The summed E-state index contributed by atoms with van der Waals surface area (Å²) in [6.07, 6.45) is -2.31. The van der Waals surface area contributed by atoms with E-state index in [1.165, 1.54) is 27.7 Å². The van der Waals surface area contributed by atoms with Crippen LogP contribution in [0.1, 0.15) is 68.2 Å². The van der Waals surface area contributed by atoms with Gasteiger partial charge in [0, 0.05) is 55.3 Å². The molecule has 12 nitrogen and oxygen atoms in total. The van der Waals surface area contributed by atoms with Gasteiger partial charge in [0.25, 0.3) is 0 Å². The molecular formula is C34H44O12. The lowest BCUT2D eigenvalue weighted by Gasteiger charge is -2.63. The summed E-state index contributed by atoms with van der Waals surface area (Å²) in [5.41, 5.74) is -5.36. The molecule has 13 unspecified atom stereocenters. The van der Waals surface area contributed by atoms with Crippen molar-refractivity contribution < 1.29 is 57.9 Å². The Labute approximate surface area is 267 Å². The van der Waals surface area contributed by atoms with Gasteiger partial charge in [-0.05, 0) is 50.5 Å². The molecule has 0 aromatic carbocycles. The normalized spacial score (nSPS) is 54.4. The van der Waals surface area contributed by atoms with E-state index in [2.05, 4.69) is 0 Å². The fraction of sp³-hybridized carbons (Fsp3) is 0.794. The summed E-state index contributed by atoms with van der Waals surface area (Å²) in [4.78, 5) is 65.7. The first-order valence-corrected chi connectivity index (χ1v) is 16.4. The molecule has 0 aromatic heterocycles. The molecule has 0 radical (unpaired) electrons. The van der Waals surface area contributed by atoms with E-state index in [1.54, 1.807) is 6.92 Å². The van der Waals surface area contributed by atoms with Crippen molar-refractivity contribution in [2.75, 3.05) is 0 Å². The molecular weight excluding hydrogens is 600 g/mol. The smallest absolute Gasteiger partial charge is 0.343 e. The number of Topliss-reactive ketones (excluding diaryl/α,β-unsaturated/α-hetero) is 1. The van der Waals surface area contributed by atoms with Crippen LogP contribution in [0.4, 0.5) is 0 Å². The second-order valence-corrected chi connectivity index (χ2v) is 15.8. The van der Waals surface area contributed by atoms with Crippen molar-refractivity contribution in [1.29, 1.82) is 0 Å². The number of allylic oxidation sites excluding steroid dienone is 1. The molecule has 12 heteroatoms. The Morgan fingerprint density at radius 2 is 1.52 bits per heavy atom. The monoisotopic (exact) mass is 644 g/mol. The van der Waals surface area contributed by atoms with Gasteiger partial charge in [-0.15, -0.1) is 0 Å². The molecule has 5 aliphatic carbocycles. The number of esters is 4. The first-order chi connectivity index (χ1) is 21.3. The van der Waals surface area contributed by atoms with Crippen molar-refractivity contribution in [2.24, 2.45) is 57.7 Å². The SMILES string of the molecule is CC(=O)OC1C2C3C(O)C(=O)C4CC5OC5C(OC(C)=O)[C@]4(C)C3CC(OC(C)=O)[C@]2(C)C2C(C)C=C3OC(=O)[C@@](C)(O)[C@]3(C)C12. The lowest BCUT2D eigenvalue weighted by Crippen LogP contribution is -2.70. The van der Waals surface area contributed by atoms with Crippen molar-refractivity contribution in [2.45, 2.75) is 110 Å². The second-order valence-electron chi connectivity index (χ2n) is 15.8. The zero-order valence-corrected chi connectivity index (χ0v) is 27.5. The summed E-state index contributed by atoms with van der Waals surface area (Å²) >= 11 is 0. The molecule has 2 saturated heterocycles. The van der Waals surface area contributed by atoms with Crippen LogP contribution in [0.2, 0.25) is 0 Å². The zero-order valence-electron chi connectivity index (χ0n) is 27.5. The fourth-order valence-corrected chi connectivity index (χ4v) is 11.8. The van der Waals surface area contributed by atoms with Gasteiger partial charge in [0.2, 0.25) is 0 Å². The number of ketones is 1. The summed E-state index contributed by atoms with van der Waals surface area (Å²) in [5, 5.41) is 23.9. The Morgan fingerprint density at radius 1 is 0.891 bits per heavy atom. The highest BCUT2D eigenvalue weighted by molar-refractivity contribution is 5.88. The summed E-state index contributed by atoms with van der Waals surface area (Å²) in [6.45, 7) is 12.8. The first kappa shape index (κ1) is 31.8. The minimum absolute atomic E-state index is 0.242. The van der Waals surface area contributed by atoms with Crippen molar-refractivity contribution in [1.82, 2.24) is 0 Å². The average molecular weight is 645 g/mol. The van der Waals surface area contributed by atoms with Crippen molar-refractivity contribution >= 4 is 29.7 Å². The summed E-state index contributed by atoms with van der Waals surface area (Å²) in [7, 11) is 0. The van der Waals surface area contributed by atoms with E-state index in [1.807, 2.05) is 26.8 Å². The summed E-state index contributed by atoms with van der Waals surface area (Å²) < 4.78 is 29.9. The van der Waals surface area contributed by atoms with Crippen LogP contribution in [-0.4, -0.2) is 82.1 Å². The van der Waals surface area contributed by atoms with Gasteiger partial charge < -0.3 is 33.9 Å². The minimum Gasteiger partial charge on any atom is -0.462 e. The van der Waals surface area contributed by atoms with Crippen molar-refractivity contribution in [3.8, 4) is 0 Å². The number of aliphatic hydroxyl groups is 2. The van der Waals surface area contributed by atoms with Gasteiger partial charge in [0.1, 0.15) is 36.3 Å². The molecule has 7 aliphatic rings. The third-order valence-corrected chi connectivity index (χ3v) is 13.8. The second kappa shape index (κ2) is 9.63.